The Kier molecular flexibility index (Phi) is 3.75. The first-order chi connectivity index (χ1) is 9.33. The number of nitrogens with one attached hydrogen (secondary N) is 1. The molecule has 1 amide bonds. The van der Waals surface area contributed by atoms with E-state index in [1.54, 1.807) is 6.20 Å². The summed E-state index contributed by atoms with van der Waals surface area (Å²) in [5.74, 6) is 0.199. The molecule has 1 aromatic heterocycles. The summed E-state index contributed by atoms with van der Waals surface area (Å²) in [6.45, 7) is 5.90. The lowest BCUT2D eigenvalue weighted by Crippen LogP contribution is -2.62. The number of hydrogen-bond donors (Lipinski definition) is 1. The fraction of sp³-hybridized carbons (Fsp3) is 0.571. The molecule has 3 rings (SSSR count). The van der Waals surface area contributed by atoms with Crippen molar-refractivity contribution in [2.45, 2.75) is 12.5 Å². The first kappa shape index (κ1) is 12.6. The Bertz CT molecular complexity index is 424. The first-order valence-electron chi connectivity index (χ1n) is 6.95. The van der Waals surface area contributed by atoms with E-state index >= 15 is 0 Å². The molecule has 0 unspecified atom stereocenters. The van der Waals surface area contributed by atoms with Gasteiger partial charge in [-0.05, 0) is 12.1 Å². The van der Waals surface area contributed by atoms with Crippen molar-refractivity contribution in [1.82, 2.24) is 20.1 Å². The van der Waals surface area contributed by atoms with Crippen LogP contribution in [-0.4, -0.2) is 66.0 Å². The van der Waals surface area contributed by atoms with Gasteiger partial charge in [-0.25, -0.2) is 0 Å². The molecule has 0 radical (unpaired) electrons. The first-order valence-corrected chi connectivity index (χ1v) is 6.95. The number of pyridine rings is 1. The average Bonchev–Trinajstić information content (AvgIpc) is 2.39. The van der Waals surface area contributed by atoms with Crippen molar-refractivity contribution in [2.24, 2.45) is 0 Å². The quantitative estimate of drug-likeness (QED) is 0.813. The minimum Gasteiger partial charge on any atom is -0.340 e. The molecule has 5 nitrogen and oxygen atoms in total. The molecule has 0 aliphatic carbocycles. The monoisotopic (exact) mass is 260 g/mol. The van der Waals surface area contributed by atoms with Crippen molar-refractivity contribution >= 4 is 5.91 Å². The molecular weight excluding hydrogens is 240 g/mol. The van der Waals surface area contributed by atoms with Gasteiger partial charge in [0.15, 0.2) is 0 Å². The molecule has 0 aromatic carbocycles. The van der Waals surface area contributed by atoms with Crippen LogP contribution < -0.4 is 5.32 Å². The maximum atomic E-state index is 12.2. The lowest BCUT2D eigenvalue weighted by molar-refractivity contribution is -0.132. The highest BCUT2D eigenvalue weighted by Crippen LogP contribution is 2.10. The van der Waals surface area contributed by atoms with Gasteiger partial charge in [0, 0.05) is 57.2 Å². The molecule has 2 aliphatic heterocycles. The third-order valence-electron chi connectivity index (χ3n) is 4.00. The molecule has 19 heavy (non-hydrogen) atoms. The molecule has 2 saturated heterocycles. The standard InChI is InChI=1S/C14H20N4O/c19-14(9-12-3-1-2-4-16-12)18-7-5-17(6-8-18)13-10-15-11-13/h1-4,13,15H,5-11H2. The maximum Gasteiger partial charge on any atom is 0.228 e. The SMILES string of the molecule is O=C(Cc1ccccn1)N1CCN(C2CNC2)CC1. The second kappa shape index (κ2) is 5.67. The number of nitrogens with zero attached hydrogens (tertiary/aromatic N) is 3. The van der Waals surface area contributed by atoms with Gasteiger partial charge in [0.25, 0.3) is 0 Å². The number of piperazine rings is 1. The summed E-state index contributed by atoms with van der Waals surface area (Å²) in [6.07, 6.45) is 2.16. The van der Waals surface area contributed by atoms with Gasteiger partial charge in [0.05, 0.1) is 6.42 Å². The predicted molar refractivity (Wildman–Crippen MR) is 72.8 cm³/mol. The number of carbonyl (C=O) groups excluding carboxylic acids is 1. The summed E-state index contributed by atoms with van der Waals surface area (Å²) in [4.78, 5) is 20.9. The van der Waals surface area contributed by atoms with E-state index in [2.05, 4.69) is 15.2 Å². The van der Waals surface area contributed by atoms with Gasteiger partial charge in [0.1, 0.15) is 0 Å². The van der Waals surface area contributed by atoms with Crippen molar-refractivity contribution in [3.8, 4) is 0 Å². The van der Waals surface area contributed by atoms with E-state index in [4.69, 9.17) is 0 Å². The van der Waals surface area contributed by atoms with Gasteiger partial charge in [-0.3, -0.25) is 14.7 Å². The average molecular weight is 260 g/mol. The topological polar surface area (TPSA) is 48.5 Å². The number of carbonyl (C=O) groups is 1. The van der Waals surface area contributed by atoms with E-state index in [0.29, 0.717) is 12.5 Å². The van der Waals surface area contributed by atoms with E-state index < -0.39 is 0 Å². The number of rotatable bonds is 3. The van der Waals surface area contributed by atoms with Crippen LogP contribution in [0.1, 0.15) is 5.69 Å². The van der Waals surface area contributed by atoms with Crippen LogP contribution in [0.15, 0.2) is 24.4 Å². The molecular formula is C14H20N4O. The second-order valence-corrected chi connectivity index (χ2v) is 5.23. The summed E-state index contributed by atoms with van der Waals surface area (Å²) in [6, 6.07) is 6.40. The van der Waals surface area contributed by atoms with Crippen LogP contribution >= 0.6 is 0 Å². The van der Waals surface area contributed by atoms with Gasteiger partial charge < -0.3 is 10.2 Å². The molecule has 0 atom stereocenters. The fourth-order valence-corrected chi connectivity index (χ4v) is 2.64. The summed E-state index contributed by atoms with van der Waals surface area (Å²) < 4.78 is 0. The van der Waals surface area contributed by atoms with Crippen LogP contribution in [0, 0.1) is 0 Å². The summed E-state index contributed by atoms with van der Waals surface area (Å²) in [5, 5.41) is 3.29. The van der Waals surface area contributed by atoms with E-state index in [-0.39, 0.29) is 5.91 Å². The Morgan fingerprint density at radius 3 is 2.63 bits per heavy atom. The van der Waals surface area contributed by atoms with Gasteiger partial charge >= 0.3 is 0 Å². The van der Waals surface area contributed by atoms with E-state index in [0.717, 1.165) is 45.0 Å². The minimum absolute atomic E-state index is 0.199. The van der Waals surface area contributed by atoms with Crippen LogP contribution in [0.2, 0.25) is 0 Å². The molecule has 1 N–H and O–H groups in total. The van der Waals surface area contributed by atoms with Crippen LogP contribution in [0.5, 0.6) is 0 Å². The Morgan fingerprint density at radius 2 is 2.05 bits per heavy atom. The smallest absolute Gasteiger partial charge is 0.228 e. The van der Waals surface area contributed by atoms with Crippen molar-refractivity contribution in [2.75, 3.05) is 39.3 Å². The molecule has 102 valence electrons. The highest BCUT2D eigenvalue weighted by Gasteiger charge is 2.29. The lowest BCUT2D eigenvalue weighted by atomic mass is 10.1. The second-order valence-electron chi connectivity index (χ2n) is 5.23. The maximum absolute atomic E-state index is 12.2. The number of aromatic nitrogens is 1. The zero-order chi connectivity index (χ0) is 13.1. The van der Waals surface area contributed by atoms with Crippen molar-refractivity contribution in [3.05, 3.63) is 30.1 Å². The molecule has 5 heteroatoms. The largest absolute Gasteiger partial charge is 0.340 e. The number of amides is 1. The Morgan fingerprint density at radius 1 is 1.26 bits per heavy atom. The molecule has 2 fully saturated rings. The van der Waals surface area contributed by atoms with Gasteiger partial charge in [-0.1, -0.05) is 6.07 Å². The van der Waals surface area contributed by atoms with E-state index in [9.17, 15) is 4.79 Å². The summed E-state index contributed by atoms with van der Waals surface area (Å²) in [5.41, 5.74) is 0.859. The summed E-state index contributed by atoms with van der Waals surface area (Å²) in [7, 11) is 0. The van der Waals surface area contributed by atoms with Gasteiger partial charge in [0.2, 0.25) is 5.91 Å². The molecule has 0 spiro atoms. The minimum atomic E-state index is 0.199. The fourth-order valence-electron chi connectivity index (χ4n) is 2.64. The molecule has 0 bridgehead atoms. The van der Waals surface area contributed by atoms with Crippen LogP contribution in [0.4, 0.5) is 0 Å². The zero-order valence-electron chi connectivity index (χ0n) is 11.1. The van der Waals surface area contributed by atoms with Crippen molar-refractivity contribution < 1.29 is 4.79 Å². The molecule has 2 aliphatic rings. The zero-order valence-corrected chi connectivity index (χ0v) is 11.1. The summed E-state index contributed by atoms with van der Waals surface area (Å²) >= 11 is 0. The highest BCUT2D eigenvalue weighted by molar-refractivity contribution is 5.78. The lowest BCUT2D eigenvalue weighted by Gasteiger charge is -2.43. The van der Waals surface area contributed by atoms with Crippen molar-refractivity contribution in [1.29, 1.82) is 0 Å². The van der Waals surface area contributed by atoms with Crippen molar-refractivity contribution in [3.63, 3.8) is 0 Å². The van der Waals surface area contributed by atoms with Crippen LogP contribution in [-0.2, 0) is 11.2 Å². The Labute approximate surface area is 113 Å². The third kappa shape index (κ3) is 2.93. The number of hydrogen-bond acceptors (Lipinski definition) is 4. The van der Waals surface area contributed by atoms with E-state index in [1.807, 2.05) is 23.1 Å². The Balaban J connectivity index is 1.49. The highest BCUT2D eigenvalue weighted by atomic mass is 16.2. The van der Waals surface area contributed by atoms with Gasteiger partial charge in [-0.2, -0.15) is 0 Å². The third-order valence-corrected chi connectivity index (χ3v) is 4.00. The van der Waals surface area contributed by atoms with E-state index in [1.165, 1.54) is 0 Å². The van der Waals surface area contributed by atoms with Gasteiger partial charge in [-0.15, -0.1) is 0 Å². The molecule has 0 saturated carbocycles. The molecule has 1 aromatic rings. The van der Waals surface area contributed by atoms with Crippen LogP contribution in [0.25, 0.3) is 0 Å². The predicted octanol–water partition coefficient (Wildman–Crippen LogP) is -0.260. The normalized spacial score (nSPS) is 21.2. The molecule has 3 heterocycles. The Hall–Kier alpha value is -1.46. The van der Waals surface area contributed by atoms with Crippen LogP contribution in [0.3, 0.4) is 0 Å².